The molecule has 0 radical (unpaired) electrons. The molecule has 0 aromatic rings. The number of rotatable bonds is 17. The third-order valence-electron chi connectivity index (χ3n) is 4.62. The Hall–Kier alpha value is -0.0800. The molecule has 128 valence electrons. The average molecular weight is 299 g/mol. The Balaban J connectivity index is 3.28. The van der Waals surface area contributed by atoms with Crippen molar-refractivity contribution in [2.45, 2.75) is 103 Å². The second kappa shape index (κ2) is 18.0. The van der Waals surface area contributed by atoms with E-state index in [1.54, 1.807) is 0 Å². The van der Waals surface area contributed by atoms with E-state index in [4.69, 9.17) is 11.5 Å². The maximum atomic E-state index is 5.92. The molecular weight excluding hydrogens is 256 g/mol. The summed E-state index contributed by atoms with van der Waals surface area (Å²) in [6, 6.07) is 0. The van der Waals surface area contributed by atoms with E-state index in [-0.39, 0.29) is 0 Å². The standard InChI is InChI=1S/C19H42N2/c1-2-3-4-5-9-12-15-19(18-21)16-13-10-7-6-8-11-14-17-20/h19H,2-18,20-21H2,1H3. The molecule has 1 atom stereocenters. The fourth-order valence-corrected chi connectivity index (χ4v) is 3.05. The molecule has 2 nitrogen and oxygen atoms in total. The first-order valence-electron chi connectivity index (χ1n) is 9.75. The normalized spacial score (nSPS) is 12.7. The molecule has 0 saturated carbocycles. The van der Waals surface area contributed by atoms with Crippen molar-refractivity contribution in [3.63, 3.8) is 0 Å². The molecule has 0 aromatic heterocycles. The molecule has 0 heterocycles. The van der Waals surface area contributed by atoms with Crippen molar-refractivity contribution in [2.24, 2.45) is 17.4 Å². The zero-order valence-corrected chi connectivity index (χ0v) is 14.8. The van der Waals surface area contributed by atoms with Crippen LogP contribution in [0.5, 0.6) is 0 Å². The van der Waals surface area contributed by atoms with Gasteiger partial charge < -0.3 is 11.5 Å². The van der Waals surface area contributed by atoms with Crippen LogP contribution < -0.4 is 11.5 Å². The summed E-state index contributed by atoms with van der Waals surface area (Å²) in [5.41, 5.74) is 11.4. The number of unbranched alkanes of at least 4 members (excludes halogenated alkanes) is 11. The van der Waals surface area contributed by atoms with Gasteiger partial charge in [0.05, 0.1) is 0 Å². The van der Waals surface area contributed by atoms with E-state index in [2.05, 4.69) is 6.92 Å². The van der Waals surface area contributed by atoms with Crippen LogP contribution in [-0.2, 0) is 0 Å². The summed E-state index contributed by atoms with van der Waals surface area (Å²) in [7, 11) is 0. The van der Waals surface area contributed by atoms with Crippen LogP contribution in [0.15, 0.2) is 0 Å². The minimum Gasteiger partial charge on any atom is -0.330 e. The van der Waals surface area contributed by atoms with Crippen LogP contribution in [0, 0.1) is 5.92 Å². The second-order valence-corrected chi connectivity index (χ2v) is 6.71. The molecule has 0 bridgehead atoms. The van der Waals surface area contributed by atoms with Gasteiger partial charge in [-0.25, -0.2) is 0 Å². The van der Waals surface area contributed by atoms with Gasteiger partial charge in [0, 0.05) is 0 Å². The highest BCUT2D eigenvalue weighted by Gasteiger charge is 2.06. The monoisotopic (exact) mass is 298 g/mol. The average Bonchev–Trinajstić information content (AvgIpc) is 2.51. The van der Waals surface area contributed by atoms with Gasteiger partial charge in [0.2, 0.25) is 0 Å². The molecule has 0 amide bonds. The predicted octanol–water partition coefficient (Wildman–Crippen LogP) is 5.39. The summed E-state index contributed by atoms with van der Waals surface area (Å²) in [6.45, 7) is 4.03. The third kappa shape index (κ3) is 16.1. The first-order chi connectivity index (χ1) is 10.3. The highest BCUT2D eigenvalue weighted by Crippen LogP contribution is 2.18. The van der Waals surface area contributed by atoms with Crippen LogP contribution in [0.1, 0.15) is 103 Å². The van der Waals surface area contributed by atoms with E-state index in [1.165, 1.54) is 96.3 Å². The largest absolute Gasteiger partial charge is 0.330 e. The van der Waals surface area contributed by atoms with Gasteiger partial charge in [0.25, 0.3) is 0 Å². The quantitative estimate of drug-likeness (QED) is 0.354. The SMILES string of the molecule is CCCCCCCCC(CN)CCCCCCCCCN. The molecule has 0 aliphatic rings. The van der Waals surface area contributed by atoms with Gasteiger partial charge in [-0.2, -0.15) is 0 Å². The molecule has 0 saturated heterocycles. The van der Waals surface area contributed by atoms with Gasteiger partial charge >= 0.3 is 0 Å². The molecule has 0 rings (SSSR count). The van der Waals surface area contributed by atoms with Crippen molar-refractivity contribution < 1.29 is 0 Å². The molecule has 0 spiro atoms. The molecule has 21 heavy (non-hydrogen) atoms. The second-order valence-electron chi connectivity index (χ2n) is 6.71. The summed E-state index contributed by atoms with van der Waals surface area (Å²) in [5.74, 6) is 0.786. The number of hydrogen-bond acceptors (Lipinski definition) is 2. The van der Waals surface area contributed by atoms with E-state index < -0.39 is 0 Å². The molecule has 0 aliphatic heterocycles. The maximum absolute atomic E-state index is 5.92. The van der Waals surface area contributed by atoms with Gasteiger partial charge in [0.15, 0.2) is 0 Å². The topological polar surface area (TPSA) is 52.0 Å². The molecule has 2 heteroatoms. The maximum Gasteiger partial charge on any atom is -0.00489 e. The van der Waals surface area contributed by atoms with Crippen LogP contribution in [0.4, 0.5) is 0 Å². The molecular formula is C19H42N2. The van der Waals surface area contributed by atoms with E-state index in [1.807, 2.05) is 0 Å². The van der Waals surface area contributed by atoms with Crippen molar-refractivity contribution in [3.05, 3.63) is 0 Å². The molecule has 1 unspecified atom stereocenters. The van der Waals surface area contributed by atoms with Crippen molar-refractivity contribution >= 4 is 0 Å². The van der Waals surface area contributed by atoms with E-state index in [9.17, 15) is 0 Å². The van der Waals surface area contributed by atoms with Gasteiger partial charge in [0.1, 0.15) is 0 Å². The fraction of sp³-hybridized carbons (Fsp3) is 1.00. The zero-order chi connectivity index (χ0) is 15.6. The number of nitrogens with two attached hydrogens (primary N) is 2. The third-order valence-corrected chi connectivity index (χ3v) is 4.62. The minimum atomic E-state index is 0.786. The summed E-state index contributed by atoms with van der Waals surface area (Å²) >= 11 is 0. The summed E-state index contributed by atoms with van der Waals surface area (Å²) in [6.07, 6.45) is 20.6. The van der Waals surface area contributed by atoms with Gasteiger partial charge in [-0.1, -0.05) is 84.0 Å². The highest BCUT2D eigenvalue weighted by molar-refractivity contribution is 4.61. The van der Waals surface area contributed by atoms with Crippen LogP contribution in [0.3, 0.4) is 0 Å². The fourth-order valence-electron chi connectivity index (χ4n) is 3.05. The van der Waals surface area contributed by atoms with Crippen molar-refractivity contribution in [1.29, 1.82) is 0 Å². The van der Waals surface area contributed by atoms with Crippen molar-refractivity contribution in [3.8, 4) is 0 Å². The Morgan fingerprint density at radius 3 is 1.43 bits per heavy atom. The van der Waals surface area contributed by atoms with Crippen LogP contribution >= 0.6 is 0 Å². The van der Waals surface area contributed by atoms with Gasteiger partial charge in [-0.15, -0.1) is 0 Å². The highest BCUT2D eigenvalue weighted by atomic mass is 14.5. The Morgan fingerprint density at radius 1 is 0.571 bits per heavy atom. The van der Waals surface area contributed by atoms with E-state index in [0.29, 0.717) is 0 Å². The van der Waals surface area contributed by atoms with E-state index in [0.717, 1.165) is 19.0 Å². The lowest BCUT2D eigenvalue weighted by atomic mass is 9.94. The van der Waals surface area contributed by atoms with Gasteiger partial charge in [-0.3, -0.25) is 0 Å². The van der Waals surface area contributed by atoms with Crippen molar-refractivity contribution in [1.82, 2.24) is 0 Å². The first kappa shape index (κ1) is 20.9. The van der Waals surface area contributed by atoms with Crippen LogP contribution in [-0.4, -0.2) is 13.1 Å². The first-order valence-corrected chi connectivity index (χ1v) is 9.75. The Bertz CT molecular complexity index is 182. The predicted molar refractivity (Wildman–Crippen MR) is 96.5 cm³/mol. The molecule has 0 fully saturated rings. The summed E-state index contributed by atoms with van der Waals surface area (Å²) in [4.78, 5) is 0. The molecule has 0 aliphatic carbocycles. The molecule has 4 N–H and O–H groups in total. The van der Waals surface area contributed by atoms with Crippen LogP contribution in [0.2, 0.25) is 0 Å². The minimum absolute atomic E-state index is 0.786. The van der Waals surface area contributed by atoms with Crippen molar-refractivity contribution in [2.75, 3.05) is 13.1 Å². The summed E-state index contributed by atoms with van der Waals surface area (Å²) < 4.78 is 0. The Labute approximate surface area is 134 Å². The lowest BCUT2D eigenvalue weighted by Gasteiger charge is -2.14. The number of hydrogen-bond donors (Lipinski definition) is 2. The lowest BCUT2D eigenvalue weighted by Crippen LogP contribution is -2.14. The summed E-state index contributed by atoms with van der Waals surface area (Å²) in [5, 5.41) is 0. The van der Waals surface area contributed by atoms with E-state index >= 15 is 0 Å². The molecule has 0 aromatic carbocycles. The lowest BCUT2D eigenvalue weighted by molar-refractivity contribution is 0.410. The van der Waals surface area contributed by atoms with Crippen LogP contribution in [0.25, 0.3) is 0 Å². The van der Waals surface area contributed by atoms with Gasteiger partial charge in [-0.05, 0) is 38.3 Å². The smallest absolute Gasteiger partial charge is 0.00489 e. The zero-order valence-electron chi connectivity index (χ0n) is 14.8. The Kier molecular flexibility index (Phi) is 17.9. The Morgan fingerprint density at radius 2 is 1.00 bits per heavy atom.